The molecule has 0 saturated carbocycles. The maximum absolute atomic E-state index is 14.0. The van der Waals surface area contributed by atoms with Crippen LogP contribution in [0.5, 0.6) is 0 Å². The summed E-state index contributed by atoms with van der Waals surface area (Å²) in [4.78, 5) is 13.6. The molecule has 0 bridgehead atoms. The first-order chi connectivity index (χ1) is 9.50. The lowest BCUT2D eigenvalue weighted by molar-refractivity contribution is 0.215. The van der Waals surface area contributed by atoms with Crippen molar-refractivity contribution in [1.29, 1.82) is 0 Å². The molecule has 110 valence electrons. The van der Waals surface area contributed by atoms with Crippen molar-refractivity contribution in [2.24, 2.45) is 0 Å². The Morgan fingerprint density at radius 3 is 2.90 bits per heavy atom. The minimum absolute atomic E-state index is 0.00280. The smallest absolute Gasteiger partial charge is 0.322 e. The molecule has 1 aromatic carbocycles. The van der Waals surface area contributed by atoms with E-state index in [0.717, 1.165) is 19.0 Å². The zero-order chi connectivity index (χ0) is 14.7. The van der Waals surface area contributed by atoms with Gasteiger partial charge in [0, 0.05) is 30.2 Å². The molecule has 1 aliphatic heterocycles. The maximum atomic E-state index is 14.0. The average molecular weight is 304 g/mol. The van der Waals surface area contributed by atoms with Crippen molar-refractivity contribution in [3.8, 4) is 0 Å². The number of carbonyl (C=O) groups excluding carboxylic acids is 1. The number of hydrogen-bond acceptors (Lipinski definition) is 2. The predicted octanol–water partition coefficient (Wildman–Crippen LogP) is 2.75. The van der Waals surface area contributed by atoms with Gasteiger partial charge in [-0.3, -0.25) is 0 Å². The summed E-state index contributed by atoms with van der Waals surface area (Å²) < 4.78 is 27.7. The molecular formula is C13H16ClF2N3O. The standard InChI is InChI=1S/C13H16ClF2N3O/c1-8-9(14)7-10(15)12(11(8)16)18-13(20)19-5-2-3-17-4-6-19/h7,17H,2-6H2,1H3,(H,18,20). The Bertz CT molecular complexity index is 517. The topological polar surface area (TPSA) is 44.4 Å². The average Bonchev–Trinajstić information content (AvgIpc) is 2.70. The Kier molecular flexibility index (Phi) is 4.77. The van der Waals surface area contributed by atoms with Gasteiger partial charge in [0.05, 0.1) is 0 Å². The molecule has 0 spiro atoms. The van der Waals surface area contributed by atoms with Crippen molar-refractivity contribution in [3.05, 3.63) is 28.3 Å². The molecule has 20 heavy (non-hydrogen) atoms. The third-order valence-electron chi connectivity index (χ3n) is 3.26. The molecule has 2 rings (SSSR count). The molecule has 1 aliphatic rings. The number of carbonyl (C=O) groups is 1. The Labute approximate surface area is 121 Å². The van der Waals surface area contributed by atoms with E-state index in [1.54, 1.807) is 0 Å². The Balaban J connectivity index is 2.17. The van der Waals surface area contributed by atoms with E-state index in [4.69, 9.17) is 11.6 Å². The van der Waals surface area contributed by atoms with E-state index in [2.05, 4.69) is 10.6 Å². The second kappa shape index (κ2) is 6.37. The third kappa shape index (κ3) is 3.19. The van der Waals surface area contributed by atoms with Gasteiger partial charge in [0.15, 0.2) is 11.6 Å². The van der Waals surface area contributed by atoms with E-state index < -0.39 is 23.4 Å². The molecule has 4 nitrogen and oxygen atoms in total. The number of hydrogen-bond donors (Lipinski definition) is 2. The zero-order valence-electron chi connectivity index (χ0n) is 11.1. The van der Waals surface area contributed by atoms with Crippen molar-refractivity contribution >= 4 is 23.3 Å². The second-order valence-corrected chi connectivity index (χ2v) is 5.08. The number of rotatable bonds is 1. The van der Waals surface area contributed by atoms with Crippen molar-refractivity contribution in [3.63, 3.8) is 0 Å². The highest BCUT2D eigenvalue weighted by Crippen LogP contribution is 2.28. The van der Waals surface area contributed by atoms with Crippen molar-refractivity contribution in [1.82, 2.24) is 10.2 Å². The summed E-state index contributed by atoms with van der Waals surface area (Å²) in [6.07, 6.45) is 0.804. The first-order valence-electron chi connectivity index (χ1n) is 6.41. The molecule has 0 radical (unpaired) electrons. The number of benzene rings is 1. The summed E-state index contributed by atoms with van der Waals surface area (Å²) in [5, 5.41) is 5.44. The third-order valence-corrected chi connectivity index (χ3v) is 3.65. The number of nitrogens with one attached hydrogen (secondary N) is 2. The van der Waals surface area contributed by atoms with Gasteiger partial charge in [0.25, 0.3) is 0 Å². The van der Waals surface area contributed by atoms with E-state index in [1.165, 1.54) is 11.8 Å². The Morgan fingerprint density at radius 2 is 2.15 bits per heavy atom. The molecule has 7 heteroatoms. The summed E-state index contributed by atoms with van der Waals surface area (Å²) in [7, 11) is 0. The van der Waals surface area contributed by atoms with Crippen molar-refractivity contribution in [2.75, 3.05) is 31.5 Å². The molecule has 1 heterocycles. The Hall–Kier alpha value is -1.40. The highest BCUT2D eigenvalue weighted by Gasteiger charge is 2.21. The summed E-state index contributed by atoms with van der Waals surface area (Å²) >= 11 is 5.69. The normalized spacial score (nSPS) is 15.9. The molecule has 0 aromatic heterocycles. The van der Waals surface area contributed by atoms with E-state index in [-0.39, 0.29) is 10.6 Å². The van der Waals surface area contributed by atoms with Crippen LogP contribution in [-0.2, 0) is 0 Å². The van der Waals surface area contributed by atoms with Gasteiger partial charge in [-0.05, 0) is 26.0 Å². The number of urea groups is 1. The van der Waals surface area contributed by atoms with E-state index in [9.17, 15) is 13.6 Å². The fourth-order valence-corrected chi connectivity index (χ4v) is 2.22. The number of amides is 2. The van der Waals surface area contributed by atoms with Gasteiger partial charge in [-0.2, -0.15) is 0 Å². The monoisotopic (exact) mass is 303 g/mol. The van der Waals surface area contributed by atoms with Crippen LogP contribution in [0.3, 0.4) is 0 Å². The summed E-state index contributed by atoms with van der Waals surface area (Å²) in [5.74, 6) is -1.71. The van der Waals surface area contributed by atoms with Crippen LogP contribution >= 0.6 is 11.6 Å². The van der Waals surface area contributed by atoms with Gasteiger partial charge >= 0.3 is 6.03 Å². The van der Waals surface area contributed by atoms with Crippen molar-refractivity contribution in [2.45, 2.75) is 13.3 Å². The molecule has 0 atom stereocenters. The highest BCUT2D eigenvalue weighted by molar-refractivity contribution is 6.31. The van der Waals surface area contributed by atoms with Crippen LogP contribution in [0.15, 0.2) is 6.07 Å². The SMILES string of the molecule is Cc1c(Cl)cc(F)c(NC(=O)N2CCCNCC2)c1F. The van der Waals surface area contributed by atoms with Crippen LogP contribution in [0, 0.1) is 18.6 Å². The van der Waals surface area contributed by atoms with Gasteiger partial charge < -0.3 is 15.5 Å². The Morgan fingerprint density at radius 1 is 1.40 bits per heavy atom. The second-order valence-electron chi connectivity index (χ2n) is 4.67. The molecule has 2 amide bonds. The van der Waals surface area contributed by atoms with Gasteiger partial charge in [-0.1, -0.05) is 11.6 Å². The van der Waals surface area contributed by atoms with Crippen LogP contribution in [0.25, 0.3) is 0 Å². The summed E-state index contributed by atoms with van der Waals surface area (Å²) in [6.45, 7) is 3.98. The summed E-state index contributed by atoms with van der Waals surface area (Å²) in [5.41, 5.74) is -0.338. The van der Waals surface area contributed by atoms with E-state index in [0.29, 0.717) is 19.6 Å². The fraction of sp³-hybridized carbons (Fsp3) is 0.462. The number of nitrogens with zero attached hydrogens (tertiary/aromatic N) is 1. The van der Waals surface area contributed by atoms with Crippen LogP contribution in [0.4, 0.5) is 19.3 Å². The lowest BCUT2D eigenvalue weighted by Gasteiger charge is -2.21. The molecular weight excluding hydrogens is 288 g/mol. The maximum Gasteiger partial charge on any atom is 0.322 e. The van der Waals surface area contributed by atoms with E-state index >= 15 is 0 Å². The lowest BCUT2D eigenvalue weighted by atomic mass is 10.2. The predicted molar refractivity (Wildman–Crippen MR) is 74.2 cm³/mol. The highest BCUT2D eigenvalue weighted by atomic mass is 35.5. The molecule has 0 unspecified atom stereocenters. The lowest BCUT2D eigenvalue weighted by Crippen LogP contribution is -2.37. The molecule has 0 aliphatic carbocycles. The number of anilines is 1. The van der Waals surface area contributed by atoms with Crippen LogP contribution in [-0.4, -0.2) is 37.1 Å². The van der Waals surface area contributed by atoms with Crippen LogP contribution < -0.4 is 10.6 Å². The van der Waals surface area contributed by atoms with Crippen molar-refractivity contribution < 1.29 is 13.6 Å². The molecule has 1 saturated heterocycles. The van der Waals surface area contributed by atoms with Crippen LogP contribution in [0.2, 0.25) is 5.02 Å². The summed E-state index contributed by atoms with van der Waals surface area (Å²) in [6, 6.07) is 0.493. The first kappa shape index (κ1) is 15.0. The minimum Gasteiger partial charge on any atom is -0.323 e. The van der Waals surface area contributed by atoms with Gasteiger partial charge in [-0.15, -0.1) is 0 Å². The quantitative estimate of drug-likeness (QED) is 0.838. The molecule has 2 N–H and O–H groups in total. The van der Waals surface area contributed by atoms with Gasteiger partial charge in [0.1, 0.15) is 5.69 Å². The van der Waals surface area contributed by atoms with Crippen LogP contribution in [0.1, 0.15) is 12.0 Å². The van der Waals surface area contributed by atoms with Gasteiger partial charge in [0.2, 0.25) is 0 Å². The number of halogens is 3. The minimum atomic E-state index is -0.876. The fourth-order valence-electron chi connectivity index (χ4n) is 2.04. The largest absolute Gasteiger partial charge is 0.323 e. The molecule has 1 fully saturated rings. The van der Waals surface area contributed by atoms with Gasteiger partial charge in [-0.25, -0.2) is 13.6 Å². The zero-order valence-corrected chi connectivity index (χ0v) is 11.9. The first-order valence-corrected chi connectivity index (χ1v) is 6.79. The molecule has 1 aromatic rings. The van der Waals surface area contributed by atoms with E-state index in [1.807, 2.05) is 0 Å².